The third-order valence-electron chi connectivity index (χ3n) is 6.47. The molecule has 0 saturated heterocycles. The van der Waals surface area contributed by atoms with Gasteiger partial charge in [-0.2, -0.15) is 0 Å². The van der Waals surface area contributed by atoms with Gasteiger partial charge in [-0.3, -0.25) is 4.79 Å². The smallest absolute Gasteiger partial charge is 0.304 e. The van der Waals surface area contributed by atoms with Crippen molar-refractivity contribution in [2.45, 2.75) is 37.7 Å². The number of methoxy groups -OCH3 is 1. The number of carboxylic acids is 1. The zero-order chi connectivity index (χ0) is 22.9. The Morgan fingerprint density at radius 2 is 2.03 bits per heavy atom. The van der Waals surface area contributed by atoms with E-state index in [1.807, 2.05) is 42.5 Å². The minimum atomic E-state index is -0.848. The Bertz CT molecular complexity index is 1210. The molecule has 0 unspecified atom stereocenters. The summed E-state index contributed by atoms with van der Waals surface area (Å²) in [5.74, 6) is 0.789. The number of fused-ring (bicyclic) bond motifs is 2. The van der Waals surface area contributed by atoms with Crippen molar-refractivity contribution in [3.8, 4) is 17.2 Å². The molecule has 6 heteroatoms. The highest BCUT2D eigenvalue weighted by molar-refractivity contribution is 5.68. The first-order valence-electron chi connectivity index (χ1n) is 11.1. The number of ether oxygens (including phenoxy) is 3. The molecule has 0 aromatic heterocycles. The average molecular weight is 448 g/mol. The van der Waals surface area contributed by atoms with E-state index in [4.69, 9.17) is 19.3 Å². The Morgan fingerprint density at radius 3 is 2.85 bits per heavy atom. The lowest BCUT2D eigenvalue weighted by Crippen LogP contribution is -2.07. The zero-order valence-corrected chi connectivity index (χ0v) is 18.3. The van der Waals surface area contributed by atoms with Gasteiger partial charge in [-0.15, -0.1) is 0 Å². The first-order valence-corrected chi connectivity index (χ1v) is 11.1. The lowest BCUT2D eigenvalue weighted by atomic mass is 9.96. The monoisotopic (exact) mass is 448 g/mol. The van der Waals surface area contributed by atoms with Crippen LogP contribution in [0.4, 0.5) is 4.39 Å². The second-order valence-corrected chi connectivity index (χ2v) is 8.58. The van der Waals surface area contributed by atoms with E-state index in [0.717, 1.165) is 34.4 Å². The first kappa shape index (κ1) is 21.3. The van der Waals surface area contributed by atoms with Gasteiger partial charge < -0.3 is 19.3 Å². The maximum Gasteiger partial charge on any atom is 0.304 e. The van der Waals surface area contributed by atoms with Crippen LogP contribution < -0.4 is 14.2 Å². The molecule has 5 rings (SSSR count). The summed E-state index contributed by atoms with van der Waals surface area (Å²) in [6.45, 7) is 0.347. The molecule has 0 bridgehead atoms. The number of hydrogen-bond acceptors (Lipinski definition) is 4. The molecule has 1 aliphatic heterocycles. The molecule has 1 heterocycles. The summed E-state index contributed by atoms with van der Waals surface area (Å²) in [7, 11) is 1.65. The normalized spacial score (nSPS) is 18.4. The molecular weight excluding hydrogens is 423 g/mol. The van der Waals surface area contributed by atoms with Crippen molar-refractivity contribution < 1.29 is 28.5 Å². The van der Waals surface area contributed by atoms with Gasteiger partial charge in [0.25, 0.3) is 0 Å². The highest BCUT2D eigenvalue weighted by Crippen LogP contribution is 2.42. The Labute approximate surface area is 191 Å². The number of carboxylic acid groups (broad SMARTS) is 1. The topological polar surface area (TPSA) is 65.0 Å². The minimum Gasteiger partial charge on any atom is -0.497 e. The van der Waals surface area contributed by atoms with Crippen molar-refractivity contribution in [3.05, 3.63) is 88.2 Å². The second-order valence-electron chi connectivity index (χ2n) is 8.58. The molecule has 33 heavy (non-hydrogen) atoms. The molecule has 1 aliphatic carbocycles. The molecule has 0 spiro atoms. The first-order chi connectivity index (χ1) is 16.0. The highest BCUT2D eigenvalue weighted by Gasteiger charge is 2.31. The summed E-state index contributed by atoms with van der Waals surface area (Å²) in [5.41, 5.74) is 4.73. The molecule has 3 aromatic carbocycles. The SMILES string of the molecule is COc1cccc(Cc2ccc(F)c3c2CC[C@H]3Oc2ccc3c(c2)OC[C@H]3CC(=O)O)c1. The van der Waals surface area contributed by atoms with Crippen LogP contribution >= 0.6 is 0 Å². The number of hydrogen-bond donors (Lipinski definition) is 1. The van der Waals surface area contributed by atoms with Gasteiger partial charge in [0.2, 0.25) is 0 Å². The number of rotatable bonds is 7. The van der Waals surface area contributed by atoms with Crippen molar-refractivity contribution in [2.75, 3.05) is 13.7 Å². The Kier molecular flexibility index (Phi) is 5.67. The lowest BCUT2D eigenvalue weighted by molar-refractivity contribution is -0.137. The van der Waals surface area contributed by atoms with Crippen LogP contribution in [0.5, 0.6) is 17.2 Å². The summed E-state index contributed by atoms with van der Waals surface area (Å²) in [6, 6.07) is 16.8. The quantitative estimate of drug-likeness (QED) is 0.521. The van der Waals surface area contributed by atoms with E-state index < -0.39 is 5.97 Å². The molecule has 5 nitrogen and oxygen atoms in total. The van der Waals surface area contributed by atoms with Gasteiger partial charge in [-0.05, 0) is 60.2 Å². The van der Waals surface area contributed by atoms with Crippen LogP contribution in [0.25, 0.3) is 0 Å². The molecule has 0 amide bonds. The number of aliphatic carboxylic acids is 1. The zero-order valence-electron chi connectivity index (χ0n) is 18.3. The fourth-order valence-electron chi connectivity index (χ4n) is 4.90. The predicted octanol–water partition coefficient (Wildman–Crippen LogP) is 5.44. The molecule has 170 valence electrons. The third kappa shape index (κ3) is 4.25. The van der Waals surface area contributed by atoms with Crippen molar-refractivity contribution in [1.82, 2.24) is 0 Å². The number of halogens is 1. The van der Waals surface area contributed by atoms with Crippen LogP contribution in [0.2, 0.25) is 0 Å². The molecule has 0 saturated carbocycles. The third-order valence-corrected chi connectivity index (χ3v) is 6.47. The summed E-state index contributed by atoms with van der Waals surface area (Å²) < 4.78 is 32.1. The molecule has 1 N–H and O–H groups in total. The fourth-order valence-corrected chi connectivity index (χ4v) is 4.90. The molecule has 0 radical (unpaired) electrons. The standard InChI is InChI=1S/C27H25FO5/c1-31-19-4-2-3-16(12-19)11-17-5-9-23(28)27-22(17)8-10-24(27)33-20-6-7-21-18(13-26(29)30)15-32-25(21)14-20/h2-7,9,12,14,18,24H,8,10-11,13,15H2,1H3,(H,29,30)/t18-,24-/m1/s1. The van der Waals surface area contributed by atoms with Crippen LogP contribution in [-0.2, 0) is 17.6 Å². The lowest BCUT2D eigenvalue weighted by Gasteiger charge is -2.17. The van der Waals surface area contributed by atoms with Crippen molar-refractivity contribution >= 4 is 5.97 Å². The van der Waals surface area contributed by atoms with Crippen LogP contribution in [0.3, 0.4) is 0 Å². The Hall–Kier alpha value is -3.54. The van der Waals surface area contributed by atoms with E-state index >= 15 is 0 Å². The van der Waals surface area contributed by atoms with Crippen molar-refractivity contribution in [3.63, 3.8) is 0 Å². The van der Waals surface area contributed by atoms with Crippen LogP contribution in [-0.4, -0.2) is 24.8 Å². The summed E-state index contributed by atoms with van der Waals surface area (Å²) in [6.07, 6.45) is 1.80. The van der Waals surface area contributed by atoms with Crippen molar-refractivity contribution in [2.24, 2.45) is 0 Å². The number of carbonyl (C=O) groups is 1. The van der Waals surface area contributed by atoms with Gasteiger partial charge >= 0.3 is 5.97 Å². The van der Waals surface area contributed by atoms with E-state index in [1.54, 1.807) is 13.2 Å². The van der Waals surface area contributed by atoms with Gasteiger partial charge in [0.1, 0.15) is 29.2 Å². The molecule has 0 fully saturated rings. The van der Waals surface area contributed by atoms with E-state index in [2.05, 4.69) is 0 Å². The fraction of sp³-hybridized carbons (Fsp3) is 0.296. The summed E-state index contributed by atoms with van der Waals surface area (Å²) in [4.78, 5) is 11.1. The van der Waals surface area contributed by atoms with Crippen LogP contribution in [0.1, 0.15) is 52.7 Å². The number of benzene rings is 3. The maximum absolute atomic E-state index is 14.9. The average Bonchev–Trinajstić information content (AvgIpc) is 3.40. The molecular formula is C27H25FO5. The maximum atomic E-state index is 14.9. The van der Waals surface area contributed by atoms with Gasteiger partial charge in [-0.1, -0.05) is 24.3 Å². The van der Waals surface area contributed by atoms with Gasteiger partial charge in [-0.25, -0.2) is 4.39 Å². The predicted molar refractivity (Wildman–Crippen MR) is 121 cm³/mol. The Morgan fingerprint density at radius 1 is 1.15 bits per heavy atom. The molecule has 3 aromatic rings. The molecule has 2 atom stereocenters. The van der Waals surface area contributed by atoms with E-state index in [0.29, 0.717) is 36.5 Å². The Balaban J connectivity index is 1.37. The van der Waals surface area contributed by atoms with Crippen molar-refractivity contribution in [1.29, 1.82) is 0 Å². The highest BCUT2D eigenvalue weighted by atomic mass is 19.1. The largest absolute Gasteiger partial charge is 0.497 e. The summed E-state index contributed by atoms with van der Waals surface area (Å²) >= 11 is 0. The van der Waals surface area contributed by atoms with Crippen LogP contribution in [0, 0.1) is 5.82 Å². The minimum absolute atomic E-state index is 0.0322. The van der Waals surface area contributed by atoms with E-state index in [-0.39, 0.29) is 24.3 Å². The van der Waals surface area contributed by atoms with Gasteiger partial charge in [0.05, 0.1) is 20.1 Å². The molecule has 2 aliphatic rings. The van der Waals surface area contributed by atoms with Crippen LogP contribution in [0.15, 0.2) is 54.6 Å². The summed E-state index contributed by atoms with van der Waals surface area (Å²) in [5, 5.41) is 9.08. The second kappa shape index (κ2) is 8.77. The van der Waals surface area contributed by atoms with Gasteiger partial charge in [0, 0.05) is 23.1 Å². The van der Waals surface area contributed by atoms with E-state index in [1.165, 1.54) is 6.07 Å². The van der Waals surface area contributed by atoms with Gasteiger partial charge in [0.15, 0.2) is 0 Å². The van der Waals surface area contributed by atoms with E-state index in [9.17, 15) is 9.18 Å².